The Kier molecular flexibility index (Phi) is 14.4. The summed E-state index contributed by atoms with van der Waals surface area (Å²) < 4.78 is 87.5. The van der Waals surface area contributed by atoms with Crippen molar-refractivity contribution in [2.24, 2.45) is 0 Å². The van der Waals surface area contributed by atoms with Gasteiger partial charge in [0.25, 0.3) is 11.1 Å². The molecule has 72 heavy (non-hydrogen) atoms. The van der Waals surface area contributed by atoms with Gasteiger partial charge in [-0.05, 0) is 107 Å². The monoisotopic (exact) mass is 988 g/mol. The van der Waals surface area contributed by atoms with Crippen molar-refractivity contribution in [3.63, 3.8) is 0 Å². The van der Waals surface area contributed by atoms with Crippen molar-refractivity contribution < 1.29 is 31.4 Å². The number of hydrogen-bond acceptors (Lipinski definition) is 7. The average Bonchev–Trinajstić information content (AvgIpc) is 4.05. The van der Waals surface area contributed by atoms with E-state index in [1.165, 1.54) is 66.8 Å². The Morgan fingerprint density at radius 1 is 0.569 bits per heavy atom. The van der Waals surface area contributed by atoms with E-state index in [2.05, 4.69) is 19.9 Å². The first kappa shape index (κ1) is 51.0. The molecule has 8 rings (SSSR count). The second kappa shape index (κ2) is 20.3. The van der Waals surface area contributed by atoms with Gasteiger partial charge in [-0.25, -0.2) is 28.6 Å². The number of rotatable bonds is 10. The first-order valence-corrected chi connectivity index (χ1v) is 21.9. The summed E-state index contributed by atoms with van der Waals surface area (Å²) in [5, 5.41) is 18.3. The van der Waals surface area contributed by atoms with Crippen LogP contribution in [0.2, 0.25) is 0 Å². The van der Waals surface area contributed by atoms with Gasteiger partial charge in [-0.15, -0.1) is 0 Å². The van der Waals surface area contributed by atoms with Gasteiger partial charge in [0.2, 0.25) is 0 Å². The molecule has 21 heteroatoms. The van der Waals surface area contributed by atoms with Crippen molar-refractivity contribution in [3.05, 3.63) is 209 Å². The van der Waals surface area contributed by atoms with Crippen LogP contribution < -0.4 is 22.5 Å². The fraction of sp³-hybridized carbons (Fsp3) is 0.216. The summed E-state index contributed by atoms with van der Waals surface area (Å²) >= 11 is 0. The zero-order valence-corrected chi connectivity index (χ0v) is 38.9. The zero-order chi connectivity index (χ0) is 52.4. The first-order valence-electron chi connectivity index (χ1n) is 21.9. The molecule has 0 saturated heterocycles. The highest BCUT2D eigenvalue weighted by Gasteiger charge is 2.33. The number of aliphatic hydroxyl groups excluding tert-OH is 1. The number of hydrogen-bond donors (Lipinski definition) is 1. The third-order valence-corrected chi connectivity index (χ3v) is 11.9. The molecule has 0 aliphatic carbocycles. The highest BCUT2D eigenvalue weighted by Crippen LogP contribution is 2.33. The van der Waals surface area contributed by atoms with Gasteiger partial charge in [0.1, 0.15) is 0 Å². The van der Waals surface area contributed by atoms with E-state index in [-0.39, 0.29) is 39.6 Å². The SMILES string of the molecule is [C-]#[N+]c1ccc(-n2nccc2-c2c(C)n(-c3cccc(C(F)(F)F)c3)c(=O)n([C@H](C)CC)c2=O)cc1.[C-]#[N+]c1ccc(-n2nccc2-c2c(C)n(-c3cccc(C(F)(F)F)c3)c(=O)n([C@H](C)CO)c2=O)cc1. The molecule has 0 aliphatic rings. The summed E-state index contributed by atoms with van der Waals surface area (Å²) in [5.41, 5.74) is -1.78. The number of aromatic nitrogens is 8. The van der Waals surface area contributed by atoms with E-state index in [0.29, 0.717) is 34.9 Å². The molecule has 0 bridgehead atoms. The van der Waals surface area contributed by atoms with Crippen LogP contribution in [0.3, 0.4) is 0 Å². The molecule has 0 spiro atoms. The van der Waals surface area contributed by atoms with E-state index in [9.17, 15) is 50.6 Å². The maximum absolute atomic E-state index is 13.7. The third-order valence-electron chi connectivity index (χ3n) is 11.9. The van der Waals surface area contributed by atoms with E-state index in [1.54, 1.807) is 67.6 Å². The van der Waals surface area contributed by atoms with E-state index < -0.39 is 64.7 Å². The zero-order valence-electron chi connectivity index (χ0n) is 38.9. The number of halogens is 6. The molecule has 0 saturated carbocycles. The number of aliphatic hydroxyl groups is 1. The molecule has 0 radical (unpaired) electrons. The van der Waals surface area contributed by atoms with E-state index in [0.717, 1.165) is 42.5 Å². The van der Waals surface area contributed by atoms with Crippen molar-refractivity contribution in [2.45, 2.75) is 65.5 Å². The van der Waals surface area contributed by atoms with Crippen molar-refractivity contribution in [3.8, 4) is 45.3 Å². The number of nitrogens with zero attached hydrogens (tertiary/aromatic N) is 10. The smallest absolute Gasteiger partial charge is 0.394 e. The van der Waals surface area contributed by atoms with Crippen LogP contribution in [0.1, 0.15) is 61.8 Å². The molecular formula is C51H42F6N10O5. The Labute approximate surface area is 405 Å². The van der Waals surface area contributed by atoms with Gasteiger partial charge in [0.15, 0.2) is 11.4 Å². The van der Waals surface area contributed by atoms with Gasteiger partial charge in [-0.1, -0.05) is 43.3 Å². The maximum atomic E-state index is 13.7. The molecule has 368 valence electrons. The minimum atomic E-state index is -4.64. The molecule has 0 fully saturated rings. The van der Waals surface area contributed by atoms with Crippen LogP contribution >= 0.6 is 0 Å². The quantitative estimate of drug-likeness (QED) is 0.106. The average molecular weight is 989 g/mol. The molecule has 0 unspecified atom stereocenters. The second-order valence-corrected chi connectivity index (χ2v) is 16.4. The van der Waals surface area contributed by atoms with Crippen LogP contribution in [-0.4, -0.2) is 49.5 Å². The fourth-order valence-electron chi connectivity index (χ4n) is 8.07. The lowest BCUT2D eigenvalue weighted by Crippen LogP contribution is -2.44. The van der Waals surface area contributed by atoms with Crippen molar-refractivity contribution >= 4 is 11.4 Å². The van der Waals surface area contributed by atoms with Crippen LogP contribution in [0.5, 0.6) is 0 Å². The number of benzene rings is 4. The predicted octanol–water partition coefficient (Wildman–Crippen LogP) is 9.98. The highest BCUT2D eigenvalue weighted by molar-refractivity contribution is 5.67. The minimum absolute atomic E-state index is 0.00176. The van der Waals surface area contributed by atoms with E-state index in [4.69, 9.17) is 13.1 Å². The Morgan fingerprint density at radius 2 is 0.944 bits per heavy atom. The van der Waals surface area contributed by atoms with Gasteiger partial charge in [0, 0.05) is 17.4 Å². The van der Waals surface area contributed by atoms with Crippen LogP contribution in [0.25, 0.3) is 55.0 Å². The molecule has 1 N–H and O–H groups in total. The fourth-order valence-corrected chi connectivity index (χ4v) is 8.07. The lowest BCUT2D eigenvalue weighted by molar-refractivity contribution is -0.138. The van der Waals surface area contributed by atoms with Crippen LogP contribution in [0.15, 0.2) is 141 Å². The molecular weight excluding hydrogens is 947 g/mol. The van der Waals surface area contributed by atoms with E-state index in [1.807, 2.05) is 6.92 Å². The largest absolute Gasteiger partial charge is 0.416 e. The molecule has 0 amide bonds. The van der Waals surface area contributed by atoms with Crippen LogP contribution in [-0.2, 0) is 12.4 Å². The molecule has 4 aromatic heterocycles. The van der Waals surface area contributed by atoms with Crippen LogP contribution in [0, 0.1) is 27.0 Å². The molecule has 2 atom stereocenters. The predicted molar refractivity (Wildman–Crippen MR) is 257 cm³/mol. The summed E-state index contributed by atoms with van der Waals surface area (Å²) in [5.74, 6) is 0. The molecule has 8 aromatic rings. The van der Waals surface area contributed by atoms with Gasteiger partial charge in [-0.3, -0.25) is 27.9 Å². The van der Waals surface area contributed by atoms with Gasteiger partial charge >= 0.3 is 23.7 Å². The normalized spacial score (nSPS) is 12.4. The topological polar surface area (TPSA) is 153 Å². The second-order valence-electron chi connectivity index (χ2n) is 16.4. The maximum Gasteiger partial charge on any atom is 0.416 e. The Morgan fingerprint density at radius 3 is 1.28 bits per heavy atom. The number of alkyl halides is 6. The first-order chi connectivity index (χ1) is 34.2. The minimum Gasteiger partial charge on any atom is -0.394 e. The standard InChI is InChI=1S/C26H22F3N5O2.C25H20F3N5O3/c1-5-16(2)32-24(35)23(22-13-14-31-34(22)20-11-9-19(30-4)10-12-20)17(3)33(25(32)36)21-8-6-7-18(15-21)26(27,28)29;1-15(14-34)31-23(35)22(21-11-12-30-33(21)19-9-7-18(29-3)8-10-19)16(2)32(24(31)36)20-6-4-5-17(13-20)25(26,27)28/h6-16H,5H2,1-3H3;4-13,15,34H,14H2,1-2H3/t16-;15-/m11/s1. The summed E-state index contributed by atoms with van der Waals surface area (Å²) in [4.78, 5) is 60.9. The summed E-state index contributed by atoms with van der Waals surface area (Å²) in [6.45, 7) is 21.7. The Balaban J connectivity index is 0.000000211. The lowest BCUT2D eigenvalue weighted by Gasteiger charge is -2.21. The van der Waals surface area contributed by atoms with Crippen molar-refractivity contribution in [2.75, 3.05) is 6.61 Å². The summed E-state index contributed by atoms with van der Waals surface area (Å²) in [7, 11) is 0. The molecule has 4 heterocycles. The van der Waals surface area contributed by atoms with Gasteiger partial charge < -0.3 is 5.11 Å². The molecule has 4 aromatic carbocycles. The van der Waals surface area contributed by atoms with Gasteiger partial charge in [0.05, 0.1) is 94.6 Å². The summed E-state index contributed by atoms with van der Waals surface area (Å²) in [6, 6.07) is 23.4. The Bertz CT molecular complexity index is 3420. The van der Waals surface area contributed by atoms with Crippen molar-refractivity contribution in [1.29, 1.82) is 0 Å². The molecule has 15 nitrogen and oxygen atoms in total. The van der Waals surface area contributed by atoms with Crippen LogP contribution in [0.4, 0.5) is 37.7 Å². The summed E-state index contributed by atoms with van der Waals surface area (Å²) in [6.07, 6.45) is -5.85. The van der Waals surface area contributed by atoms with Gasteiger partial charge in [-0.2, -0.15) is 36.5 Å². The molecule has 0 aliphatic heterocycles. The Hall–Kier alpha value is -8.82. The third kappa shape index (κ3) is 9.69. The lowest BCUT2D eigenvalue weighted by atomic mass is 10.1. The highest BCUT2D eigenvalue weighted by atomic mass is 19.4. The van der Waals surface area contributed by atoms with Crippen molar-refractivity contribution in [1.82, 2.24) is 37.8 Å². The van der Waals surface area contributed by atoms with E-state index >= 15 is 0 Å².